The van der Waals surface area contributed by atoms with E-state index in [9.17, 15) is 0 Å². The van der Waals surface area contributed by atoms with Crippen LogP contribution in [0, 0.1) is 0 Å². The maximum absolute atomic E-state index is 3.77. The first-order valence-corrected chi connectivity index (χ1v) is 9.29. The Balaban J connectivity index is 1.93. The van der Waals surface area contributed by atoms with Gasteiger partial charge in [-0.25, -0.2) is 0 Å². The van der Waals surface area contributed by atoms with Crippen molar-refractivity contribution in [3.8, 4) is 0 Å². The molecule has 20 heavy (non-hydrogen) atoms. The Morgan fingerprint density at radius 2 is 1.45 bits per heavy atom. The Labute approximate surface area is 133 Å². The standard InChI is InChI=1S/C18H13BrSe/c19-15-10-8-12-6-7-13-9-11-16(18(15)17(12)13)20-14-4-2-1-3-5-14/h1-5,8-11H,6-7H2. The predicted octanol–water partition coefficient (Wildman–Crippen LogP) is 3.36. The molecule has 0 fully saturated rings. The third-order valence-electron chi connectivity index (χ3n) is 3.88. The summed E-state index contributed by atoms with van der Waals surface area (Å²) in [6.07, 6.45) is 2.39. The number of hydrogen-bond donors (Lipinski definition) is 0. The van der Waals surface area contributed by atoms with Gasteiger partial charge in [0.1, 0.15) is 0 Å². The molecule has 3 aromatic rings. The molecule has 2 heteroatoms. The van der Waals surface area contributed by atoms with Gasteiger partial charge in [-0.3, -0.25) is 0 Å². The molecule has 0 saturated carbocycles. The van der Waals surface area contributed by atoms with E-state index in [2.05, 4.69) is 70.5 Å². The van der Waals surface area contributed by atoms with Crippen LogP contribution >= 0.6 is 15.9 Å². The number of halogens is 1. The molecular weight excluding hydrogens is 375 g/mol. The number of hydrogen-bond acceptors (Lipinski definition) is 0. The van der Waals surface area contributed by atoms with Crippen molar-refractivity contribution in [1.29, 1.82) is 0 Å². The normalized spacial score (nSPS) is 13.1. The van der Waals surface area contributed by atoms with Gasteiger partial charge in [0.2, 0.25) is 0 Å². The van der Waals surface area contributed by atoms with Crippen LogP contribution in [-0.4, -0.2) is 15.0 Å². The van der Waals surface area contributed by atoms with Crippen LogP contribution < -0.4 is 8.92 Å². The second-order valence-electron chi connectivity index (χ2n) is 5.09. The molecule has 0 bridgehead atoms. The summed E-state index contributed by atoms with van der Waals surface area (Å²) in [6.45, 7) is 0. The van der Waals surface area contributed by atoms with E-state index in [1.807, 2.05) is 0 Å². The summed E-state index contributed by atoms with van der Waals surface area (Å²) in [4.78, 5) is 0. The van der Waals surface area contributed by atoms with E-state index in [-0.39, 0.29) is 0 Å². The fraction of sp³-hybridized carbons (Fsp3) is 0.111. The van der Waals surface area contributed by atoms with Gasteiger partial charge in [-0.2, -0.15) is 0 Å². The second-order valence-corrected chi connectivity index (χ2v) is 8.29. The zero-order valence-corrected chi connectivity index (χ0v) is 14.2. The van der Waals surface area contributed by atoms with Crippen LogP contribution in [0.5, 0.6) is 0 Å². The van der Waals surface area contributed by atoms with Gasteiger partial charge in [-0.05, 0) is 0 Å². The van der Waals surface area contributed by atoms with Crippen molar-refractivity contribution in [2.24, 2.45) is 0 Å². The van der Waals surface area contributed by atoms with Crippen LogP contribution in [0.4, 0.5) is 0 Å². The Morgan fingerprint density at radius 1 is 0.750 bits per heavy atom. The first-order chi connectivity index (χ1) is 9.83. The summed E-state index contributed by atoms with van der Waals surface area (Å²) in [7, 11) is 0. The molecule has 0 saturated heterocycles. The summed E-state index contributed by atoms with van der Waals surface area (Å²) in [5.41, 5.74) is 3.04. The summed E-state index contributed by atoms with van der Waals surface area (Å²) >= 11 is 4.13. The van der Waals surface area contributed by atoms with Crippen LogP contribution in [0.3, 0.4) is 0 Å². The summed E-state index contributed by atoms with van der Waals surface area (Å²) in [6, 6.07) is 20.0. The van der Waals surface area contributed by atoms with Gasteiger partial charge < -0.3 is 0 Å². The third kappa shape index (κ3) is 2.03. The zero-order chi connectivity index (χ0) is 13.5. The van der Waals surface area contributed by atoms with E-state index in [0.29, 0.717) is 15.0 Å². The molecule has 3 aromatic carbocycles. The quantitative estimate of drug-likeness (QED) is 0.591. The summed E-state index contributed by atoms with van der Waals surface area (Å²) in [5.74, 6) is 0. The molecule has 0 spiro atoms. The Hall–Kier alpha value is -1.08. The average molecular weight is 388 g/mol. The SMILES string of the molecule is Brc1ccc2c3c(ccc([Se]c4ccccc4)c13)CC2. The molecule has 4 rings (SSSR count). The number of rotatable bonds is 2. The molecule has 0 radical (unpaired) electrons. The van der Waals surface area contributed by atoms with Gasteiger partial charge in [0.25, 0.3) is 0 Å². The van der Waals surface area contributed by atoms with E-state index in [0.717, 1.165) is 0 Å². The number of benzene rings is 3. The van der Waals surface area contributed by atoms with Crippen LogP contribution in [0.1, 0.15) is 11.1 Å². The Kier molecular flexibility index (Phi) is 3.18. The van der Waals surface area contributed by atoms with Crippen molar-refractivity contribution in [3.63, 3.8) is 0 Å². The second kappa shape index (κ2) is 5.03. The van der Waals surface area contributed by atoms with Crippen molar-refractivity contribution >= 4 is 50.6 Å². The molecule has 0 heterocycles. The fourth-order valence-electron chi connectivity index (χ4n) is 2.96. The number of aryl methyl sites for hydroxylation is 2. The zero-order valence-electron chi connectivity index (χ0n) is 10.9. The van der Waals surface area contributed by atoms with E-state index >= 15 is 0 Å². The topological polar surface area (TPSA) is 0 Å². The maximum atomic E-state index is 3.77. The van der Waals surface area contributed by atoms with Gasteiger partial charge >= 0.3 is 134 Å². The van der Waals surface area contributed by atoms with Crippen molar-refractivity contribution in [1.82, 2.24) is 0 Å². The van der Waals surface area contributed by atoms with Crippen LogP contribution in [0.25, 0.3) is 10.8 Å². The van der Waals surface area contributed by atoms with Gasteiger partial charge in [0.15, 0.2) is 0 Å². The van der Waals surface area contributed by atoms with Gasteiger partial charge in [0, 0.05) is 0 Å². The molecule has 0 N–H and O–H groups in total. The molecule has 1 aliphatic carbocycles. The first-order valence-electron chi connectivity index (χ1n) is 6.79. The van der Waals surface area contributed by atoms with Crippen molar-refractivity contribution < 1.29 is 0 Å². The minimum atomic E-state index is 0.365. The van der Waals surface area contributed by atoms with Crippen molar-refractivity contribution in [3.05, 3.63) is 70.2 Å². The molecule has 98 valence electrons. The van der Waals surface area contributed by atoms with E-state index < -0.39 is 0 Å². The third-order valence-corrected chi connectivity index (χ3v) is 6.78. The van der Waals surface area contributed by atoms with E-state index in [4.69, 9.17) is 0 Å². The van der Waals surface area contributed by atoms with Crippen LogP contribution in [0.15, 0.2) is 59.1 Å². The monoisotopic (exact) mass is 388 g/mol. The van der Waals surface area contributed by atoms with Crippen molar-refractivity contribution in [2.45, 2.75) is 12.8 Å². The molecule has 0 aliphatic heterocycles. The minimum absolute atomic E-state index is 0.365. The summed E-state index contributed by atoms with van der Waals surface area (Å²) in [5, 5.41) is 2.95. The Morgan fingerprint density at radius 3 is 2.20 bits per heavy atom. The van der Waals surface area contributed by atoms with Crippen LogP contribution in [-0.2, 0) is 12.8 Å². The first kappa shape index (κ1) is 12.6. The predicted molar refractivity (Wildman–Crippen MR) is 90.5 cm³/mol. The van der Waals surface area contributed by atoms with Crippen LogP contribution in [0.2, 0.25) is 0 Å². The van der Waals surface area contributed by atoms with Crippen molar-refractivity contribution in [2.75, 3.05) is 0 Å². The molecule has 0 atom stereocenters. The van der Waals surface area contributed by atoms with Gasteiger partial charge in [0.05, 0.1) is 0 Å². The molecule has 1 aliphatic rings. The molecule has 0 nitrogen and oxygen atoms in total. The Bertz CT molecular complexity index is 783. The van der Waals surface area contributed by atoms with E-state index in [1.54, 1.807) is 0 Å². The molecule has 0 aromatic heterocycles. The fourth-order valence-corrected chi connectivity index (χ4v) is 5.89. The molecular formula is C18H13BrSe. The molecule has 0 unspecified atom stereocenters. The van der Waals surface area contributed by atoms with E-state index in [1.165, 1.54) is 48.1 Å². The summed E-state index contributed by atoms with van der Waals surface area (Å²) < 4.78 is 4.16. The average Bonchev–Trinajstić information content (AvgIpc) is 2.89. The van der Waals surface area contributed by atoms with Gasteiger partial charge in [-0.15, -0.1) is 0 Å². The van der Waals surface area contributed by atoms with Gasteiger partial charge in [-0.1, -0.05) is 0 Å². The molecule has 0 amide bonds.